The average molecular weight is 249 g/mol. The Kier molecular flexibility index (Phi) is 4.89. The van der Waals surface area contributed by atoms with Crippen molar-refractivity contribution in [1.82, 2.24) is 4.98 Å². The molecule has 1 heterocycles. The number of aromatic nitrogens is 1. The highest BCUT2D eigenvalue weighted by molar-refractivity contribution is 5.12. The maximum atomic E-state index is 12.5. The van der Waals surface area contributed by atoms with Crippen LogP contribution in [0.5, 0.6) is 0 Å². The van der Waals surface area contributed by atoms with Gasteiger partial charge < -0.3 is 9.47 Å². The Hall–Kier alpha value is -1.14. The number of methoxy groups -OCH3 is 2. The first-order valence-electron chi connectivity index (χ1n) is 5.01. The molecule has 0 aromatic carbocycles. The highest BCUT2D eigenvalue weighted by atomic mass is 19.4. The van der Waals surface area contributed by atoms with Crippen molar-refractivity contribution in [3.8, 4) is 0 Å². The van der Waals surface area contributed by atoms with Crippen molar-refractivity contribution in [3.63, 3.8) is 0 Å². The maximum Gasteiger partial charge on any atom is 0.414 e. The largest absolute Gasteiger partial charge is 0.414 e. The Bertz CT molecular complexity index is 329. The Morgan fingerprint density at radius 3 is 2.41 bits per heavy atom. The van der Waals surface area contributed by atoms with Crippen molar-refractivity contribution in [2.75, 3.05) is 14.2 Å². The lowest BCUT2D eigenvalue weighted by atomic mass is 10.0. The molecule has 17 heavy (non-hydrogen) atoms. The molecule has 1 rings (SSSR count). The van der Waals surface area contributed by atoms with Gasteiger partial charge in [0.2, 0.25) is 0 Å². The summed E-state index contributed by atoms with van der Waals surface area (Å²) in [5, 5.41) is 0. The molecule has 0 N–H and O–H groups in total. The Balaban J connectivity index is 2.76. The molecule has 0 bridgehead atoms. The number of hydrogen-bond donors (Lipinski definition) is 0. The van der Waals surface area contributed by atoms with Gasteiger partial charge in [0.15, 0.2) is 6.10 Å². The van der Waals surface area contributed by atoms with E-state index in [0.717, 1.165) is 7.11 Å². The number of halogens is 3. The minimum atomic E-state index is -4.40. The molecule has 0 fully saturated rings. The summed E-state index contributed by atoms with van der Waals surface area (Å²) in [4.78, 5) is 3.85. The fourth-order valence-corrected chi connectivity index (χ4v) is 1.49. The van der Waals surface area contributed by atoms with Crippen LogP contribution in [-0.4, -0.2) is 31.5 Å². The number of pyridine rings is 1. The minimum Gasteiger partial charge on any atom is -0.377 e. The van der Waals surface area contributed by atoms with E-state index in [1.165, 1.54) is 13.3 Å². The molecule has 96 valence electrons. The van der Waals surface area contributed by atoms with Gasteiger partial charge in [0.05, 0.1) is 6.10 Å². The van der Waals surface area contributed by atoms with E-state index in [-0.39, 0.29) is 6.42 Å². The predicted octanol–water partition coefficient (Wildman–Crippen LogP) is 2.74. The predicted molar refractivity (Wildman–Crippen MR) is 55.5 cm³/mol. The highest BCUT2D eigenvalue weighted by Crippen LogP contribution is 2.31. The third-order valence-electron chi connectivity index (χ3n) is 2.42. The summed E-state index contributed by atoms with van der Waals surface area (Å²) in [5.41, 5.74) is 0.598. The molecular formula is C11H14F3NO2. The van der Waals surface area contributed by atoms with Crippen LogP contribution in [0.3, 0.4) is 0 Å². The molecule has 0 saturated heterocycles. The molecular weight excluding hydrogens is 235 g/mol. The summed E-state index contributed by atoms with van der Waals surface area (Å²) in [5.74, 6) is 0. The van der Waals surface area contributed by atoms with Crippen LogP contribution in [-0.2, 0) is 9.47 Å². The van der Waals surface area contributed by atoms with Gasteiger partial charge in [-0.1, -0.05) is 6.07 Å². The monoisotopic (exact) mass is 249 g/mol. The molecule has 0 amide bonds. The van der Waals surface area contributed by atoms with Crippen LogP contribution >= 0.6 is 0 Å². The van der Waals surface area contributed by atoms with Gasteiger partial charge in [-0.3, -0.25) is 4.98 Å². The SMILES string of the molecule is COC(CC(OC)C(F)(F)F)c1cccnc1. The molecule has 0 radical (unpaired) electrons. The van der Waals surface area contributed by atoms with Crippen molar-refractivity contribution >= 4 is 0 Å². The van der Waals surface area contributed by atoms with E-state index in [4.69, 9.17) is 4.74 Å². The van der Waals surface area contributed by atoms with E-state index < -0.39 is 18.4 Å². The maximum absolute atomic E-state index is 12.5. The minimum absolute atomic E-state index is 0.289. The second-order valence-electron chi connectivity index (χ2n) is 3.51. The summed E-state index contributed by atoms with van der Waals surface area (Å²) in [6, 6.07) is 3.32. The fraction of sp³-hybridized carbons (Fsp3) is 0.545. The van der Waals surface area contributed by atoms with Gasteiger partial charge in [-0.25, -0.2) is 0 Å². The van der Waals surface area contributed by atoms with Crippen LogP contribution in [0.2, 0.25) is 0 Å². The molecule has 6 heteroatoms. The molecule has 0 aliphatic carbocycles. The normalized spacial score (nSPS) is 15.6. The van der Waals surface area contributed by atoms with Gasteiger partial charge >= 0.3 is 6.18 Å². The van der Waals surface area contributed by atoms with Crippen LogP contribution in [0.25, 0.3) is 0 Å². The van der Waals surface area contributed by atoms with Crippen LogP contribution < -0.4 is 0 Å². The van der Waals surface area contributed by atoms with E-state index in [0.29, 0.717) is 5.56 Å². The molecule has 0 saturated carbocycles. The quantitative estimate of drug-likeness (QED) is 0.804. The Labute approximate surface area is 97.6 Å². The van der Waals surface area contributed by atoms with E-state index in [1.54, 1.807) is 18.3 Å². The lowest BCUT2D eigenvalue weighted by molar-refractivity contribution is -0.221. The van der Waals surface area contributed by atoms with Gasteiger partial charge in [-0.05, 0) is 11.6 Å². The number of alkyl halides is 3. The van der Waals surface area contributed by atoms with E-state index in [2.05, 4.69) is 9.72 Å². The highest BCUT2D eigenvalue weighted by Gasteiger charge is 2.41. The molecule has 0 aliphatic rings. The smallest absolute Gasteiger partial charge is 0.377 e. The molecule has 1 aromatic rings. The lowest BCUT2D eigenvalue weighted by Crippen LogP contribution is -2.32. The zero-order chi connectivity index (χ0) is 12.9. The van der Waals surface area contributed by atoms with Crippen molar-refractivity contribution in [2.45, 2.75) is 24.8 Å². The van der Waals surface area contributed by atoms with Crippen LogP contribution in [0, 0.1) is 0 Å². The van der Waals surface area contributed by atoms with Crippen molar-refractivity contribution in [3.05, 3.63) is 30.1 Å². The third kappa shape index (κ3) is 3.98. The average Bonchev–Trinajstić information content (AvgIpc) is 2.30. The zero-order valence-electron chi connectivity index (χ0n) is 9.57. The number of hydrogen-bond acceptors (Lipinski definition) is 3. The van der Waals surface area contributed by atoms with Gasteiger partial charge in [-0.2, -0.15) is 13.2 Å². The number of nitrogens with zero attached hydrogens (tertiary/aromatic N) is 1. The zero-order valence-corrected chi connectivity index (χ0v) is 9.57. The van der Waals surface area contributed by atoms with Gasteiger partial charge in [-0.15, -0.1) is 0 Å². The lowest BCUT2D eigenvalue weighted by Gasteiger charge is -2.23. The van der Waals surface area contributed by atoms with Crippen LogP contribution in [0.15, 0.2) is 24.5 Å². The first kappa shape index (κ1) is 13.9. The van der Waals surface area contributed by atoms with Crippen molar-refractivity contribution < 1.29 is 22.6 Å². The van der Waals surface area contributed by atoms with Crippen LogP contribution in [0.4, 0.5) is 13.2 Å². The molecule has 1 aromatic heterocycles. The third-order valence-corrected chi connectivity index (χ3v) is 2.42. The van der Waals surface area contributed by atoms with E-state index in [1.807, 2.05) is 0 Å². The molecule has 0 spiro atoms. The Morgan fingerprint density at radius 1 is 1.29 bits per heavy atom. The van der Waals surface area contributed by atoms with Crippen LogP contribution in [0.1, 0.15) is 18.1 Å². The van der Waals surface area contributed by atoms with E-state index >= 15 is 0 Å². The summed E-state index contributed by atoms with van der Waals surface area (Å²) in [6.45, 7) is 0. The molecule has 0 aliphatic heterocycles. The van der Waals surface area contributed by atoms with Gasteiger partial charge in [0, 0.05) is 33.0 Å². The molecule has 2 atom stereocenters. The second kappa shape index (κ2) is 5.97. The summed E-state index contributed by atoms with van der Waals surface area (Å²) >= 11 is 0. The number of ether oxygens (including phenoxy) is 2. The van der Waals surface area contributed by atoms with Gasteiger partial charge in [0.1, 0.15) is 0 Å². The summed E-state index contributed by atoms with van der Waals surface area (Å²) in [6.07, 6.45) is -4.18. The summed E-state index contributed by atoms with van der Waals surface area (Å²) < 4.78 is 47.1. The van der Waals surface area contributed by atoms with Crippen molar-refractivity contribution in [1.29, 1.82) is 0 Å². The molecule has 3 nitrogen and oxygen atoms in total. The molecule has 2 unspecified atom stereocenters. The fourth-order valence-electron chi connectivity index (χ4n) is 1.49. The summed E-state index contributed by atoms with van der Waals surface area (Å²) in [7, 11) is 2.40. The Morgan fingerprint density at radius 2 is 2.00 bits per heavy atom. The first-order chi connectivity index (χ1) is 7.99. The standard InChI is InChI=1S/C11H14F3NO2/c1-16-9(8-4-3-5-15-7-8)6-10(17-2)11(12,13)14/h3-5,7,9-10H,6H2,1-2H3. The topological polar surface area (TPSA) is 31.4 Å². The van der Waals surface area contributed by atoms with E-state index in [9.17, 15) is 13.2 Å². The first-order valence-corrected chi connectivity index (χ1v) is 5.01. The second-order valence-corrected chi connectivity index (χ2v) is 3.51. The van der Waals surface area contributed by atoms with Gasteiger partial charge in [0.25, 0.3) is 0 Å². The van der Waals surface area contributed by atoms with Crippen molar-refractivity contribution in [2.24, 2.45) is 0 Å². The number of rotatable bonds is 5.